The van der Waals surface area contributed by atoms with Gasteiger partial charge in [0, 0.05) is 18.1 Å². The molecule has 0 aliphatic carbocycles. The van der Waals surface area contributed by atoms with Gasteiger partial charge >= 0.3 is 0 Å². The summed E-state index contributed by atoms with van der Waals surface area (Å²) in [7, 11) is 0. The average molecular weight is 346 g/mol. The average Bonchev–Trinajstić information content (AvgIpc) is 2.72. The van der Waals surface area contributed by atoms with Crippen molar-refractivity contribution in [3.63, 3.8) is 0 Å². The summed E-state index contributed by atoms with van der Waals surface area (Å²) in [6.45, 7) is 0.602. The monoisotopic (exact) mass is 346 g/mol. The van der Waals surface area contributed by atoms with Gasteiger partial charge in [0.1, 0.15) is 6.61 Å². The first-order chi connectivity index (χ1) is 12.8. The Hall–Kier alpha value is -3.34. The fraction of sp³-hybridized carbons (Fsp3) is 0.143. The molecule has 130 valence electrons. The van der Waals surface area contributed by atoms with Crippen molar-refractivity contribution < 1.29 is 14.3 Å². The molecule has 5 nitrogen and oxygen atoms in total. The Morgan fingerprint density at radius 1 is 1.00 bits per heavy atom. The summed E-state index contributed by atoms with van der Waals surface area (Å²) in [5.74, 6) is 1.11. The van der Waals surface area contributed by atoms with E-state index in [4.69, 9.17) is 9.47 Å². The minimum atomic E-state index is -0.693. The highest BCUT2D eigenvalue weighted by atomic mass is 16.6. The maximum absolute atomic E-state index is 13.2. The number of carbonyl (C=O) groups excluding carboxylic acids is 1. The van der Waals surface area contributed by atoms with Crippen molar-refractivity contribution in [3.8, 4) is 11.5 Å². The fourth-order valence-electron chi connectivity index (χ4n) is 2.89. The molecule has 2 heterocycles. The highest BCUT2D eigenvalue weighted by Crippen LogP contribution is 2.32. The molecule has 1 aromatic heterocycles. The number of aromatic nitrogens is 1. The molecule has 0 saturated carbocycles. The SMILES string of the molecule is O=C([C@H]1COc2ccccc2O1)N(Cc1cccnc1)c1ccccc1. The largest absolute Gasteiger partial charge is 0.485 e. The van der Waals surface area contributed by atoms with Crippen LogP contribution in [0.25, 0.3) is 0 Å². The molecule has 0 spiro atoms. The molecule has 0 saturated heterocycles. The molecule has 5 heteroatoms. The van der Waals surface area contributed by atoms with Crippen LogP contribution in [0.2, 0.25) is 0 Å². The number of ether oxygens (including phenoxy) is 2. The van der Waals surface area contributed by atoms with Crippen molar-refractivity contribution in [3.05, 3.63) is 84.7 Å². The lowest BCUT2D eigenvalue weighted by atomic mass is 10.2. The number of benzene rings is 2. The Morgan fingerprint density at radius 2 is 1.77 bits per heavy atom. The van der Waals surface area contributed by atoms with Gasteiger partial charge < -0.3 is 14.4 Å². The molecule has 0 bridgehead atoms. The number of nitrogens with zero attached hydrogens (tertiary/aromatic N) is 2. The van der Waals surface area contributed by atoms with Crippen molar-refractivity contribution in [2.75, 3.05) is 11.5 Å². The Labute approximate surface area is 151 Å². The van der Waals surface area contributed by atoms with Crippen molar-refractivity contribution in [1.29, 1.82) is 0 Å². The van der Waals surface area contributed by atoms with Crippen LogP contribution in [0.3, 0.4) is 0 Å². The zero-order chi connectivity index (χ0) is 17.8. The molecule has 0 fully saturated rings. The van der Waals surface area contributed by atoms with Crippen LogP contribution in [-0.2, 0) is 11.3 Å². The number of amides is 1. The second-order valence-electron chi connectivity index (χ2n) is 5.99. The van der Waals surface area contributed by atoms with Crippen LogP contribution in [0.15, 0.2) is 79.1 Å². The Balaban J connectivity index is 1.60. The molecule has 2 aromatic carbocycles. The molecule has 4 rings (SSSR count). The first kappa shape index (κ1) is 16.1. The molecule has 0 radical (unpaired) electrons. The number of hydrogen-bond acceptors (Lipinski definition) is 4. The van der Waals surface area contributed by atoms with Crippen LogP contribution in [0.5, 0.6) is 11.5 Å². The van der Waals surface area contributed by atoms with Crippen LogP contribution < -0.4 is 14.4 Å². The highest BCUT2D eigenvalue weighted by Gasteiger charge is 2.31. The summed E-state index contributed by atoms with van der Waals surface area (Å²) in [6, 6.07) is 20.7. The number of fused-ring (bicyclic) bond motifs is 1. The molecule has 3 aromatic rings. The van der Waals surface area contributed by atoms with Gasteiger partial charge in [-0.2, -0.15) is 0 Å². The number of para-hydroxylation sites is 3. The van der Waals surface area contributed by atoms with Gasteiger partial charge in [-0.3, -0.25) is 9.78 Å². The molecule has 1 aliphatic heterocycles. The Morgan fingerprint density at radius 3 is 2.54 bits per heavy atom. The van der Waals surface area contributed by atoms with Gasteiger partial charge in [0.15, 0.2) is 11.5 Å². The van der Waals surface area contributed by atoms with E-state index in [9.17, 15) is 4.79 Å². The summed E-state index contributed by atoms with van der Waals surface area (Å²) >= 11 is 0. The summed E-state index contributed by atoms with van der Waals surface area (Å²) < 4.78 is 11.6. The first-order valence-corrected chi connectivity index (χ1v) is 8.45. The van der Waals surface area contributed by atoms with Crippen molar-refractivity contribution in [2.45, 2.75) is 12.6 Å². The van der Waals surface area contributed by atoms with Crippen LogP contribution >= 0.6 is 0 Å². The van der Waals surface area contributed by atoms with E-state index >= 15 is 0 Å². The van der Waals surface area contributed by atoms with Crippen LogP contribution in [-0.4, -0.2) is 23.6 Å². The number of carbonyl (C=O) groups is 1. The molecular formula is C21H18N2O3. The summed E-state index contributed by atoms with van der Waals surface area (Å²) in [5, 5.41) is 0. The van der Waals surface area contributed by atoms with Crippen molar-refractivity contribution >= 4 is 11.6 Å². The Bertz CT molecular complexity index is 884. The van der Waals surface area contributed by atoms with Crippen LogP contribution in [0, 0.1) is 0 Å². The van der Waals surface area contributed by atoms with Gasteiger partial charge in [-0.15, -0.1) is 0 Å². The molecule has 1 amide bonds. The van der Waals surface area contributed by atoms with E-state index in [0.29, 0.717) is 18.0 Å². The molecule has 1 aliphatic rings. The lowest BCUT2D eigenvalue weighted by Gasteiger charge is -2.31. The van der Waals surface area contributed by atoms with Crippen LogP contribution in [0.4, 0.5) is 5.69 Å². The van der Waals surface area contributed by atoms with Crippen molar-refractivity contribution in [1.82, 2.24) is 4.98 Å². The topological polar surface area (TPSA) is 51.7 Å². The predicted octanol–water partition coefficient (Wildman–Crippen LogP) is 3.45. The van der Waals surface area contributed by atoms with Gasteiger partial charge in [0.05, 0.1) is 6.54 Å². The minimum absolute atomic E-state index is 0.144. The number of hydrogen-bond donors (Lipinski definition) is 0. The number of anilines is 1. The third-order valence-corrected chi connectivity index (χ3v) is 4.18. The van der Waals surface area contributed by atoms with Gasteiger partial charge in [-0.1, -0.05) is 36.4 Å². The maximum atomic E-state index is 13.2. The van der Waals surface area contributed by atoms with Gasteiger partial charge in [-0.05, 0) is 35.9 Å². The maximum Gasteiger partial charge on any atom is 0.271 e. The van der Waals surface area contributed by atoms with E-state index in [-0.39, 0.29) is 12.5 Å². The van der Waals surface area contributed by atoms with Crippen LogP contribution in [0.1, 0.15) is 5.56 Å². The summed E-state index contributed by atoms with van der Waals surface area (Å²) in [4.78, 5) is 19.1. The molecule has 0 N–H and O–H groups in total. The second-order valence-corrected chi connectivity index (χ2v) is 5.99. The zero-order valence-electron chi connectivity index (χ0n) is 14.1. The van der Waals surface area contributed by atoms with E-state index in [1.165, 1.54) is 0 Å². The third-order valence-electron chi connectivity index (χ3n) is 4.18. The minimum Gasteiger partial charge on any atom is -0.485 e. The Kier molecular flexibility index (Phi) is 4.51. The predicted molar refractivity (Wildman–Crippen MR) is 98.2 cm³/mol. The first-order valence-electron chi connectivity index (χ1n) is 8.45. The quantitative estimate of drug-likeness (QED) is 0.726. The van der Waals surface area contributed by atoms with E-state index < -0.39 is 6.10 Å². The smallest absolute Gasteiger partial charge is 0.271 e. The standard InChI is InChI=1S/C21H18N2O3/c24-21(20-15-25-18-10-4-5-11-19(18)26-20)23(17-8-2-1-3-9-17)14-16-7-6-12-22-13-16/h1-13,20H,14-15H2/t20-/m1/s1. The molecule has 1 atom stereocenters. The fourth-order valence-corrected chi connectivity index (χ4v) is 2.89. The summed E-state index contributed by atoms with van der Waals surface area (Å²) in [6.07, 6.45) is 2.78. The normalized spacial score (nSPS) is 15.3. The highest BCUT2D eigenvalue weighted by molar-refractivity contribution is 5.97. The summed E-state index contributed by atoms with van der Waals surface area (Å²) in [5.41, 5.74) is 1.76. The second kappa shape index (κ2) is 7.27. The van der Waals surface area contributed by atoms with Gasteiger partial charge in [0.25, 0.3) is 5.91 Å². The zero-order valence-corrected chi connectivity index (χ0v) is 14.1. The third kappa shape index (κ3) is 3.37. The van der Waals surface area contributed by atoms with Gasteiger partial charge in [0.2, 0.25) is 6.10 Å². The number of pyridine rings is 1. The van der Waals surface area contributed by atoms with Gasteiger partial charge in [-0.25, -0.2) is 0 Å². The number of rotatable bonds is 4. The van der Waals surface area contributed by atoms with E-state index in [0.717, 1.165) is 11.3 Å². The molecule has 26 heavy (non-hydrogen) atoms. The lowest BCUT2D eigenvalue weighted by molar-refractivity contribution is -0.127. The molecular weight excluding hydrogens is 328 g/mol. The van der Waals surface area contributed by atoms with Crippen molar-refractivity contribution in [2.24, 2.45) is 0 Å². The molecule has 0 unspecified atom stereocenters. The van der Waals surface area contributed by atoms with E-state index in [1.807, 2.05) is 66.7 Å². The lowest BCUT2D eigenvalue weighted by Crippen LogP contribution is -2.46. The van der Waals surface area contributed by atoms with E-state index in [2.05, 4.69) is 4.98 Å². The van der Waals surface area contributed by atoms with E-state index in [1.54, 1.807) is 17.3 Å².